The van der Waals surface area contributed by atoms with Gasteiger partial charge in [0.05, 0.1) is 17.4 Å². The topological polar surface area (TPSA) is 128 Å². The van der Waals surface area contributed by atoms with E-state index in [1.165, 1.54) is 13.1 Å². The van der Waals surface area contributed by atoms with Crippen molar-refractivity contribution in [2.75, 3.05) is 16.0 Å². The highest BCUT2D eigenvalue weighted by Gasteiger charge is 2.23. The molecule has 1 heterocycles. The molecule has 0 saturated carbocycles. The summed E-state index contributed by atoms with van der Waals surface area (Å²) in [6, 6.07) is 13.5. The van der Waals surface area contributed by atoms with E-state index in [0.717, 1.165) is 15.8 Å². The molecule has 0 radical (unpaired) electrons. The summed E-state index contributed by atoms with van der Waals surface area (Å²) in [6.07, 6.45) is 2.96. The van der Waals surface area contributed by atoms with Gasteiger partial charge in [-0.15, -0.1) is 0 Å². The van der Waals surface area contributed by atoms with E-state index in [1.54, 1.807) is 42.6 Å². The summed E-state index contributed by atoms with van der Waals surface area (Å²) in [4.78, 5) is 25.6. The molecule has 1 aromatic heterocycles. The number of aromatic amines is 1. The Hall–Kier alpha value is -4.12. The third-order valence-corrected chi connectivity index (χ3v) is 3.85. The molecule has 134 valence electrons. The fraction of sp³-hybridized carbons (Fsp3) is 0.0526. The average Bonchev–Trinajstić information content (AvgIpc) is 3.11. The number of aromatic nitrogens is 2. The monoisotopic (exact) mass is 360 g/mol. The van der Waals surface area contributed by atoms with Gasteiger partial charge in [-0.25, -0.2) is 4.90 Å². The normalized spacial score (nSPS) is 11.0. The van der Waals surface area contributed by atoms with E-state index in [-0.39, 0.29) is 5.57 Å². The lowest BCUT2D eigenvalue weighted by molar-refractivity contribution is -0.123. The molecule has 0 unspecified atom stereocenters. The van der Waals surface area contributed by atoms with Crippen LogP contribution in [0.25, 0.3) is 10.9 Å². The summed E-state index contributed by atoms with van der Waals surface area (Å²) in [7, 11) is 0. The van der Waals surface area contributed by atoms with Gasteiger partial charge in [-0.1, -0.05) is 0 Å². The highest BCUT2D eigenvalue weighted by molar-refractivity contribution is 6.21. The van der Waals surface area contributed by atoms with Crippen LogP contribution in [0.15, 0.2) is 60.4 Å². The Balaban J connectivity index is 1.86. The number of rotatable bonds is 4. The van der Waals surface area contributed by atoms with Crippen LogP contribution >= 0.6 is 0 Å². The molecule has 0 aliphatic rings. The molecule has 0 bridgehead atoms. The van der Waals surface area contributed by atoms with Crippen molar-refractivity contribution in [1.29, 1.82) is 5.26 Å². The number of H-pyrrole nitrogens is 1. The number of nitrogen functional groups attached to an aromatic ring is 1. The number of nitrogens with two attached hydrogens (primary N) is 1. The molecule has 27 heavy (non-hydrogen) atoms. The molecule has 0 aliphatic heterocycles. The Kier molecular flexibility index (Phi) is 4.86. The largest absolute Gasteiger partial charge is 0.399 e. The molecule has 8 nitrogen and oxygen atoms in total. The van der Waals surface area contributed by atoms with Crippen molar-refractivity contribution in [1.82, 2.24) is 10.2 Å². The van der Waals surface area contributed by atoms with Crippen molar-refractivity contribution in [3.8, 4) is 6.07 Å². The minimum absolute atomic E-state index is 0.216. The zero-order valence-electron chi connectivity index (χ0n) is 14.4. The second kappa shape index (κ2) is 7.41. The van der Waals surface area contributed by atoms with Crippen LogP contribution in [0.4, 0.5) is 17.1 Å². The standard InChI is InChI=1S/C19H16N6O2/c1-12(26)25(17-6-3-15(21)4-7-17)19(27)14(9-20)10-22-16-5-2-13-11-23-24-18(13)8-16/h2-8,10-11,22H,21H2,1H3,(H,23,24)/b14-10-. The molecule has 0 fully saturated rings. The fourth-order valence-corrected chi connectivity index (χ4v) is 2.51. The number of anilines is 3. The van der Waals surface area contributed by atoms with Crippen molar-refractivity contribution in [2.45, 2.75) is 6.92 Å². The molecular weight excluding hydrogens is 344 g/mol. The van der Waals surface area contributed by atoms with Crippen LogP contribution in [0.2, 0.25) is 0 Å². The zero-order valence-corrected chi connectivity index (χ0v) is 14.4. The quantitative estimate of drug-likeness (QED) is 0.373. The second-order valence-electron chi connectivity index (χ2n) is 5.74. The Morgan fingerprint density at radius 2 is 2.00 bits per heavy atom. The number of carbonyl (C=O) groups excluding carboxylic acids is 2. The Morgan fingerprint density at radius 3 is 2.67 bits per heavy atom. The lowest BCUT2D eigenvalue weighted by atomic mass is 10.2. The van der Waals surface area contributed by atoms with Crippen LogP contribution in [0.1, 0.15) is 6.92 Å². The number of hydrogen-bond acceptors (Lipinski definition) is 6. The van der Waals surface area contributed by atoms with Crippen LogP contribution in [0.3, 0.4) is 0 Å². The van der Waals surface area contributed by atoms with E-state index < -0.39 is 11.8 Å². The van der Waals surface area contributed by atoms with Gasteiger partial charge in [0.1, 0.15) is 11.6 Å². The summed E-state index contributed by atoms with van der Waals surface area (Å²) in [6.45, 7) is 1.25. The van der Waals surface area contributed by atoms with Gasteiger partial charge in [-0.2, -0.15) is 10.4 Å². The summed E-state index contributed by atoms with van der Waals surface area (Å²) in [5, 5.41) is 20.0. The smallest absolute Gasteiger partial charge is 0.277 e. The van der Waals surface area contributed by atoms with Crippen LogP contribution in [0.5, 0.6) is 0 Å². The Morgan fingerprint density at radius 1 is 1.26 bits per heavy atom. The Labute approximate surface area is 154 Å². The van der Waals surface area contributed by atoms with Gasteiger partial charge >= 0.3 is 0 Å². The van der Waals surface area contributed by atoms with Gasteiger partial charge < -0.3 is 11.1 Å². The van der Waals surface area contributed by atoms with Crippen LogP contribution < -0.4 is 16.0 Å². The van der Waals surface area contributed by atoms with Gasteiger partial charge in [0.25, 0.3) is 5.91 Å². The van der Waals surface area contributed by atoms with Crippen molar-refractivity contribution in [2.24, 2.45) is 0 Å². The number of amides is 2. The van der Waals surface area contributed by atoms with Crippen LogP contribution in [-0.4, -0.2) is 22.0 Å². The van der Waals surface area contributed by atoms with E-state index in [1.807, 2.05) is 12.1 Å². The number of hydrogen-bond donors (Lipinski definition) is 3. The molecule has 0 atom stereocenters. The molecule has 8 heteroatoms. The molecule has 2 amide bonds. The molecule has 3 aromatic rings. The fourth-order valence-electron chi connectivity index (χ4n) is 2.51. The summed E-state index contributed by atoms with van der Waals surface area (Å²) in [5.41, 5.74) is 7.73. The van der Waals surface area contributed by atoms with E-state index in [9.17, 15) is 14.9 Å². The number of nitrogens with one attached hydrogen (secondary N) is 2. The van der Waals surface area contributed by atoms with Gasteiger partial charge in [0.15, 0.2) is 0 Å². The summed E-state index contributed by atoms with van der Waals surface area (Å²) in [5.74, 6) is -1.24. The van der Waals surface area contributed by atoms with Crippen LogP contribution in [-0.2, 0) is 9.59 Å². The predicted octanol–water partition coefficient (Wildman–Crippen LogP) is 2.54. The lowest BCUT2D eigenvalue weighted by Crippen LogP contribution is -2.36. The van der Waals surface area contributed by atoms with Crippen molar-refractivity contribution in [3.05, 3.63) is 60.4 Å². The first-order valence-corrected chi connectivity index (χ1v) is 8.00. The summed E-state index contributed by atoms with van der Waals surface area (Å²) < 4.78 is 0. The highest BCUT2D eigenvalue weighted by atomic mass is 16.2. The SMILES string of the molecule is CC(=O)N(C(=O)/C(C#N)=C\Nc1ccc2cn[nH]c2c1)c1ccc(N)cc1. The van der Waals surface area contributed by atoms with E-state index in [0.29, 0.717) is 17.1 Å². The minimum atomic E-state index is -0.732. The third-order valence-electron chi connectivity index (χ3n) is 3.85. The molecule has 0 aliphatic carbocycles. The first-order chi connectivity index (χ1) is 13.0. The number of carbonyl (C=O) groups is 2. The average molecular weight is 360 g/mol. The molecule has 0 spiro atoms. The van der Waals surface area contributed by atoms with Gasteiger partial charge in [-0.05, 0) is 42.5 Å². The number of fused-ring (bicyclic) bond motifs is 1. The number of nitrogens with zero attached hydrogens (tertiary/aromatic N) is 3. The maximum Gasteiger partial charge on any atom is 0.277 e. The third kappa shape index (κ3) is 3.77. The van der Waals surface area contributed by atoms with E-state index in [2.05, 4.69) is 15.5 Å². The van der Waals surface area contributed by atoms with Gasteiger partial charge in [-0.3, -0.25) is 14.7 Å². The van der Waals surface area contributed by atoms with Crippen molar-refractivity contribution in [3.63, 3.8) is 0 Å². The second-order valence-corrected chi connectivity index (χ2v) is 5.74. The van der Waals surface area contributed by atoms with Crippen molar-refractivity contribution < 1.29 is 9.59 Å². The maximum absolute atomic E-state index is 12.7. The minimum Gasteiger partial charge on any atom is -0.399 e. The lowest BCUT2D eigenvalue weighted by Gasteiger charge is -2.19. The number of imide groups is 1. The number of nitriles is 1. The highest BCUT2D eigenvalue weighted by Crippen LogP contribution is 2.20. The molecule has 4 N–H and O–H groups in total. The summed E-state index contributed by atoms with van der Waals surface area (Å²) >= 11 is 0. The predicted molar refractivity (Wildman–Crippen MR) is 102 cm³/mol. The molecular formula is C19H16N6O2. The van der Waals surface area contributed by atoms with Gasteiger partial charge in [0, 0.05) is 29.9 Å². The van der Waals surface area contributed by atoms with E-state index >= 15 is 0 Å². The molecule has 2 aromatic carbocycles. The van der Waals surface area contributed by atoms with Crippen molar-refractivity contribution >= 4 is 39.8 Å². The molecule has 3 rings (SSSR count). The van der Waals surface area contributed by atoms with E-state index in [4.69, 9.17) is 5.73 Å². The molecule has 0 saturated heterocycles. The number of benzene rings is 2. The first-order valence-electron chi connectivity index (χ1n) is 8.00. The first kappa shape index (κ1) is 17.7. The van der Waals surface area contributed by atoms with Crippen LogP contribution in [0, 0.1) is 11.3 Å². The Bertz CT molecular complexity index is 1080. The zero-order chi connectivity index (χ0) is 19.4. The maximum atomic E-state index is 12.7. The van der Waals surface area contributed by atoms with Gasteiger partial charge in [0.2, 0.25) is 5.91 Å².